The molecule has 0 N–H and O–H groups in total. The summed E-state index contributed by atoms with van der Waals surface area (Å²) < 4.78 is 2.26. The van der Waals surface area contributed by atoms with Gasteiger partial charge < -0.3 is 4.57 Å². The second-order valence-electron chi connectivity index (χ2n) is 3.86. The third-order valence-electron chi connectivity index (χ3n) is 3.15. The van der Waals surface area contributed by atoms with Crippen molar-refractivity contribution in [1.29, 1.82) is 0 Å². The molecule has 12 heavy (non-hydrogen) atoms. The molecule has 0 radical (unpaired) electrons. The monoisotopic (exact) mass is 160 g/mol. The third-order valence-corrected chi connectivity index (χ3v) is 3.15. The average molecular weight is 160 g/mol. The van der Waals surface area contributed by atoms with Gasteiger partial charge in [0.2, 0.25) is 0 Å². The van der Waals surface area contributed by atoms with Gasteiger partial charge in [-0.2, -0.15) is 0 Å². The molecule has 0 aliphatic heterocycles. The topological polar surface area (TPSA) is 17.8 Å². The number of nitrogens with zero attached hydrogens (tertiary/aromatic N) is 2. The van der Waals surface area contributed by atoms with Gasteiger partial charge in [-0.25, -0.2) is 4.98 Å². The fourth-order valence-electron chi connectivity index (χ4n) is 2.56. The second-order valence-corrected chi connectivity index (χ2v) is 3.86. The molecule has 0 saturated heterocycles. The van der Waals surface area contributed by atoms with Crippen LogP contribution in [0, 0.1) is 11.8 Å². The molecular formula is C10H12N2. The summed E-state index contributed by atoms with van der Waals surface area (Å²) in [4.78, 5) is 4.09. The maximum absolute atomic E-state index is 4.09. The lowest BCUT2D eigenvalue weighted by molar-refractivity contribution is 0.432. The van der Waals surface area contributed by atoms with Crippen molar-refractivity contribution in [2.75, 3.05) is 0 Å². The molecule has 1 aromatic rings. The molecule has 0 aromatic carbocycles. The summed E-state index contributed by atoms with van der Waals surface area (Å²) in [5, 5.41) is 0. The number of aromatic nitrogens is 2. The average Bonchev–Trinajstić information content (AvgIpc) is 2.81. The van der Waals surface area contributed by atoms with Crippen molar-refractivity contribution in [3.05, 3.63) is 30.9 Å². The summed E-state index contributed by atoms with van der Waals surface area (Å²) in [6, 6.07) is 0.697. The van der Waals surface area contributed by atoms with E-state index < -0.39 is 0 Å². The van der Waals surface area contributed by atoms with E-state index in [1.54, 1.807) is 0 Å². The molecule has 3 rings (SSSR count). The van der Waals surface area contributed by atoms with E-state index in [1.165, 1.54) is 12.8 Å². The van der Waals surface area contributed by atoms with Crippen LogP contribution < -0.4 is 0 Å². The van der Waals surface area contributed by atoms with Crippen molar-refractivity contribution in [3.63, 3.8) is 0 Å². The minimum absolute atomic E-state index is 0.697. The zero-order valence-corrected chi connectivity index (χ0v) is 6.93. The molecule has 1 fully saturated rings. The van der Waals surface area contributed by atoms with Gasteiger partial charge in [0.25, 0.3) is 0 Å². The number of hydrogen-bond acceptors (Lipinski definition) is 1. The predicted molar refractivity (Wildman–Crippen MR) is 46.6 cm³/mol. The lowest BCUT2D eigenvalue weighted by Gasteiger charge is -2.18. The first kappa shape index (κ1) is 6.46. The van der Waals surface area contributed by atoms with Crippen LogP contribution in [0.3, 0.4) is 0 Å². The minimum atomic E-state index is 0.697. The Kier molecular flexibility index (Phi) is 1.20. The highest BCUT2D eigenvalue weighted by atomic mass is 15.1. The summed E-state index contributed by atoms with van der Waals surface area (Å²) in [5.41, 5.74) is 0. The SMILES string of the molecule is C1=CC2CC1CC2n1ccnc1. The maximum Gasteiger partial charge on any atom is 0.0948 e. The van der Waals surface area contributed by atoms with Crippen LogP contribution in [-0.2, 0) is 0 Å². The Morgan fingerprint density at radius 2 is 2.25 bits per heavy atom. The Labute approximate surface area is 71.9 Å². The van der Waals surface area contributed by atoms with E-state index in [9.17, 15) is 0 Å². The highest BCUT2D eigenvalue weighted by Crippen LogP contribution is 2.45. The van der Waals surface area contributed by atoms with Crippen molar-refractivity contribution in [1.82, 2.24) is 9.55 Å². The molecule has 2 aliphatic rings. The highest BCUT2D eigenvalue weighted by Gasteiger charge is 2.36. The summed E-state index contributed by atoms with van der Waals surface area (Å²) >= 11 is 0. The summed E-state index contributed by atoms with van der Waals surface area (Å²) in [5.74, 6) is 1.63. The Bertz CT molecular complexity index is 300. The largest absolute Gasteiger partial charge is 0.334 e. The third kappa shape index (κ3) is 0.779. The zero-order chi connectivity index (χ0) is 7.97. The first-order chi connectivity index (χ1) is 5.93. The Hall–Kier alpha value is -1.05. The van der Waals surface area contributed by atoms with Crippen LogP contribution in [0.5, 0.6) is 0 Å². The van der Waals surface area contributed by atoms with Crippen LogP contribution in [0.2, 0.25) is 0 Å². The van der Waals surface area contributed by atoms with Gasteiger partial charge in [-0.15, -0.1) is 0 Å². The van der Waals surface area contributed by atoms with E-state index in [2.05, 4.69) is 27.9 Å². The molecule has 62 valence electrons. The van der Waals surface area contributed by atoms with Gasteiger partial charge in [-0.05, 0) is 24.7 Å². The van der Waals surface area contributed by atoms with Crippen LogP contribution in [0.25, 0.3) is 0 Å². The van der Waals surface area contributed by atoms with Crippen LogP contribution in [0.15, 0.2) is 30.9 Å². The van der Waals surface area contributed by atoms with Gasteiger partial charge in [0.1, 0.15) is 0 Å². The maximum atomic E-state index is 4.09. The highest BCUT2D eigenvalue weighted by molar-refractivity contribution is 5.12. The van der Waals surface area contributed by atoms with Crippen molar-refractivity contribution >= 4 is 0 Å². The van der Waals surface area contributed by atoms with Gasteiger partial charge in [0.15, 0.2) is 0 Å². The van der Waals surface area contributed by atoms with Crippen LogP contribution in [0.4, 0.5) is 0 Å². The number of rotatable bonds is 1. The van der Waals surface area contributed by atoms with Crippen LogP contribution in [0.1, 0.15) is 18.9 Å². The van der Waals surface area contributed by atoms with E-state index in [0.717, 1.165) is 11.8 Å². The van der Waals surface area contributed by atoms with Gasteiger partial charge in [-0.3, -0.25) is 0 Å². The fourth-order valence-corrected chi connectivity index (χ4v) is 2.56. The molecule has 0 spiro atoms. The number of imidazole rings is 1. The molecule has 3 unspecified atom stereocenters. The first-order valence-corrected chi connectivity index (χ1v) is 4.59. The van der Waals surface area contributed by atoms with Gasteiger partial charge in [0.05, 0.1) is 6.33 Å². The Morgan fingerprint density at radius 1 is 1.25 bits per heavy atom. The smallest absolute Gasteiger partial charge is 0.0948 e. The quantitative estimate of drug-likeness (QED) is 0.575. The summed E-state index contributed by atoms with van der Waals surface area (Å²) in [7, 11) is 0. The predicted octanol–water partition coefficient (Wildman–Crippen LogP) is 2.02. The van der Waals surface area contributed by atoms with Crippen LogP contribution >= 0.6 is 0 Å². The summed E-state index contributed by atoms with van der Waals surface area (Å²) in [6.45, 7) is 0. The Morgan fingerprint density at radius 3 is 2.83 bits per heavy atom. The molecule has 2 nitrogen and oxygen atoms in total. The number of allylic oxidation sites excluding steroid dienone is 2. The van der Waals surface area contributed by atoms with Crippen molar-refractivity contribution in [2.45, 2.75) is 18.9 Å². The Balaban J connectivity index is 1.92. The van der Waals surface area contributed by atoms with Gasteiger partial charge >= 0.3 is 0 Å². The number of hydrogen-bond donors (Lipinski definition) is 0. The van der Waals surface area contributed by atoms with Crippen molar-refractivity contribution < 1.29 is 0 Å². The molecule has 0 amide bonds. The zero-order valence-electron chi connectivity index (χ0n) is 6.93. The second kappa shape index (κ2) is 2.22. The molecule has 2 bridgehead atoms. The molecule has 3 atom stereocenters. The summed E-state index contributed by atoms with van der Waals surface area (Å²) in [6.07, 6.45) is 13.3. The van der Waals surface area contributed by atoms with Gasteiger partial charge in [-0.1, -0.05) is 12.2 Å². The fraction of sp³-hybridized carbons (Fsp3) is 0.500. The van der Waals surface area contributed by atoms with Crippen molar-refractivity contribution in [3.8, 4) is 0 Å². The molecule has 2 heteroatoms. The molecule has 1 heterocycles. The van der Waals surface area contributed by atoms with Crippen LogP contribution in [-0.4, -0.2) is 9.55 Å². The van der Waals surface area contributed by atoms with E-state index in [0.29, 0.717) is 6.04 Å². The van der Waals surface area contributed by atoms with Gasteiger partial charge in [0, 0.05) is 18.4 Å². The first-order valence-electron chi connectivity index (χ1n) is 4.59. The standard InChI is InChI=1S/C10H12N2/c1-2-9-5-8(1)6-10(9)12-4-3-11-7-12/h1-4,7-10H,5-6H2. The lowest BCUT2D eigenvalue weighted by Crippen LogP contribution is -2.11. The molecular weight excluding hydrogens is 148 g/mol. The molecule has 1 saturated carbocycles. The molecule has 1 aromatic heterocycles. The van der Waals surface area contributed by atoms with E-state index in [4.69, 9.17) is 0 Å². The lowest BCUT2D eigenvalue weighted by atomic mass is 10.0. The normalized spacial score (nSPS) is 37.8. The van der Waals surface area contributed by atoms with Crippen molar-refractivity contribution in [2.24, 2.45) is 11.8 Å². The van der Waals surface area contributed by atoms with E-state index >= 15 is 0 Å². The number of fused-ring (bicyclic) bond motifs is 2. The molecule has 2 aliphatic carbocycles. The van der Waals surface area contributed by atoms with E-state index in [1.807, 2.05) is 12.5 Å². The van der Waals surface area contributed by atoms with E-state index in [-0.39, 0.29) is 0 Å². The minimum Gasteiger partial charge on any atom is -0.334 e.